The molecule has 0 heteroatoms. The molecule has 24 heavy (non-hydrogen) atoms. The predicted molar refractivity (Wildman–Crippen MR) is 112 cm³/mol. The van der Waals surface area contributed by atoms with Gasteiger partial charge in [-0.05, 0) is 65.9 Å². The zero-order chi connectivity index (χ0) is 17.6. The fourth-order valence-corrected chi connectivity index (χ4v) is 3.54. The lowest BCUT2D eigenvalue weighted by molar-refractivity contribution is 0.340. The summed E-state index contributed by atoms with van der Waals surface area (Å²) in [5.74, 6) is 5.18. The number of hydrogen-bond donors (Lipinski definition) is 0. The van der Waals surface area contributed by atoms with Gasteiger partial charge in [-0.15, -0.1) is 0 Å². The van der Waals surface area contributed by atoms with E-state index in [9.17, 15) is 0 Å². The first kappa shape index (κ1) is 23.2. The van der Waals surface area contributed by atoms with Crippen LogP contribution in [-0.4, -0.2) is 0 Å². The maximum Gasteiger partial charge on any atom is -0.0219 e. The Labute approximate surface area is 153 Å². The van der Waals surface area contributed by atoms with E-state index in [0.717, 1.165) is 23.7 Å². The van der Waals surface area contributed by atoms with Crippen LogP contribution in [0.4, 0.5) is 0 Å². The van der Waals surface area contributed by atoms with Gasteiger partial charge in [0.05, 0.1) is 0 Å². The molecule has 1 aliphatic carbocycles. The molecule has 0 spiro atoms. The van der Waals surface area contributed by atoms with Crippen molar-refractivity contribution in [3.63, 3.8) is 0 Å². The minimum atomic E-state index is 0. The Morgan fingerprint density at radius 1 is 0.708 bits per heavy atom. The number of rotatable bonds is 4. The van der Waals surface area contributed by atoms with Crippen LogP contribution in [0, 0.1) is 23.7 Å². The van der Waals surface area contributed by atoms with E-state index in [2.05, 4.69) is 79.7 Å². The largest absolute Gasteiger partial charge is 0.0776 e. The van der Waals surface area contributed by atoms with E-state index >= 15 is 0 Å². The topological polar surface area (TPSA) is 0 Å². The lowest BCUT2D eigenvalue weighted by Crippen LogP contribution is -2.07. The lowest BCUT2D eigenvalue weighted by atomic mass is 9.89. The molecule has 0 radical (unpaired) electrons. The summed E-state index contributed by atoms with van der Waals surface area (Å²) in [7, 11) is 0. The van der Waals surface area contributed by atoms with Gasteiger partial charge in [0.1, 0.15) is 0 Å². The highest BCUT2D eigenvalue weighted by Gasteiger charge is 2.28. The summed E-state index contributed by atoms with van der Waals surface area (Å²) in [6.45, 7) is 18.4. The van der Waals surface area contributed by atoms with E-state index in [1.54, 1.807) is 0 Å². The highest BCUT2D eigenvalue weighted by Crippen LogP contribution is 2.39. The van der Waals surface area contributed by atoms with Crippen LogP contribution >= 0.6 is 0 Å². The maximum atomic E-state index is 2.37. The van der Waals surface area contributed by atoms with Crippen molar-refractivity contribution >= 4 is 0 Å². The first-order valence-electron chi connectivity index (χ1n) is 9.82. The van der Waals surface area contributed by atoms with Crippen molar-refractivity contribution in [3.05, 3.63) is 35.4 Å². The molecule has 1 aromatic rings. The monoisotopic (exact) mass is 332 g/mol. The quantitative estimate of drug-likeness (QED) is 0.520. The molecule has 2 unspecified atom stereocenters. The molecule has 0 aliphatic heterocycles. The summed E-state index contributed by atoms with van der Waals surface area (Å²) >= 11 is 0. The molecule has 1 fully saturated rings. The lowest BCUT2D eigenvalue weighted by Gasteiger charge is -2.16. The Hall–Kier alpha value is -0.780. The van der Waals surface area contributed by atoms with Crippen molar-refractivity contribution in [3.8, 4) is 0 Å². The molecule has 140 valence electrons. The summed E-state index contributed by atoms with van der Waals surface area (Å²) in [4.78, 5) is 0. The van der Waals surface area contributed by atoms with Crippen molar-refractivity contribution in [2.75, 3.05) is 0 Å². The van der Waals surface area contributed by atoms with Gasteiger partial charge in [0, 0.05) is 0 Å². The van der Waals surface area contributed by atoms with Crippen LogP contribution in [0.5, 0.6) is 0 Å². The molecule has 0 nitrogen and oxygen atoms in total. The second-order valence-electron chi connectivity index (χ2n) is 8.80. The highest BCUT2D eigenvalue weighted by atomic mass is 14.3. The third-order valence-corrected chi connectivity index (χ3v) is 5.64. The van der Waals surface area contributed by atoms with E-state index in [4.69, 9.17) is 0 Å². The van der Waals surface area contributed by atoms with Crippen LogP contribution in [0.3, 0.4) is 0 Å². The average Bonchev–Trinajstić information content (AvgIpc) is 2.98. The number of benzene rings is 1. The van der Waals surface area contributed by atoms with E-state index in [0.29, 0.717) is 11.8 Å². The molecule has 1 aliphatic rings. The van der Waals surface area contributed by atoms with Crippen molar-refractivity contribution in [2.24, 2.45) is 23.7 Å². The van der Waals surface area contributed by atoms with Gasteiger partial charge in [0.25, 0.3) is 0 Å². The Balaban J connectivity index is 0.000000425. The Morgan fingerprint density at radius 2 is 1.08 bits per heavy atom. The highest BCUT2D eigenvalue weighted by molar-refractivity contribution is 5.27. The first-order valence-corrected chi connectivity index (χ1v) is 9.82. The predicted octanol–water partition coefficient (Wildman–Crippen LogP) is 8.28. The standard InChI is InChI=1S/C12H18.C11H22.CH4/c1-9(2)11-6-5-7-12(8-11)10(3)4;1-8(2)10-5-6-11(7-10)9(3)4;/h5-10H,1-4H3;8-11H,5-7H2,1-4H3;1H4. The average molecular weight is 333 g/mol. The Kier molecular flexibility index (Phi) is 10.6. The molecule has 1 saturated carbocycles. The number of hydrogen-bond acceptors (Lipinski definition) is 0. The van der Waals surface area contributed by atoms with Crippen molar-refractivity contribution < 1.29 is 0 Å². The van der Waals surface area contributed by atoms with Crippen LogP contribution in [0.25, 0.3) is 0 Å². The molecule has 0 N–H and O–H groups in total. The second kappa shape index (κ2) is 11.0. The van der Waals surface area contributed by atoms with Crippen LogP contribution in [0.15, 0.2) is 24.3 Å². The first-order chi connectivity index (χ1) is 10.7. The Bertz CT molecular complexity index is 402. The van der Waals surface area contributed by atoms with Gasteiger partial charge in [-0.1, -0.05) is 87.1 Å². The van der Waals surface area contributed by atoms with Gasteiger partial charge in [-0.3, -0.25) is 0 Å². The third-order valence-electron chi connectivity index (χ3n) is 5.64. The van der Waals surface area contributed by atoms with Gasteiger partial charge in [0.2, 0.25) is 0 Å². The molecule has 0 bridgehead atoms. The molecular formula is C24H44. The molecule has 2 rings (SSSR count). The fraction of sp³-hybridized carbons (Fsp3) is 0.750. The van der Waals surface area contributed by atoms with Crippen molar-refractivity contribution in [1.29, 1.82) is 0 Å². The molecular weight excluding hydrogens is 288 g/mol. The van der Waals surface area contributed by atoms with E-state index in [-0.39, 0.29) is 7.43 Å². The van der Waals surface area contributed by atoms with E-state index < -0.39 is 0 Å². The maximum absolute atomic E-state index is 2.37. The zero-order valence-corrected chi connectivity index (χ0v) is 16.9. The summed E-state index contributed by atoms with van der Waals surface area (Å²) in [6.07, 6.45) is 4.47. The van der Waals surface area contributed by atoms with Crippen LogP contribution in [0.2, 0.25) is 0 Å². The fourth-order valence-electron chi connectivity index (χ4n) is 3.54. The molecule has 0 saturated heterocycles. The summed E-state index contributed by atoms with van der Waals surface area (Å²) in [5.41, 5.74) is 2.89. The van der Waals surface area contributed by atoms with Gasteiger partial charge in [-0.2, -0.15) is 0 Å². The van der Waals surface area contributed by atoms with Crippen LogP contribution < -0.4 is 0 Å². The minimum Gasteiger partial charge on any atom is -0.0776 e. The normalized spacial score (nSPS) is 20.3. The third kappa shape index (κ3) is 7.41. The van der Waals surface area contributed by atoms with E-state index in [1.165, 1.54) is 30.4 Å². The molecule has 0 heterocycles. The second-order valence-corrected chi connectivity index (χ2v) is 8.80. The molecule has 0 amide bonds. The summed E-state index contributed by atoms with van der Waals surface area (Å²) in [5, 5.41) is 0. The van der Waals surface area contributed by atoms with Crippen molar-refractivity contribution in [1.82, 2.24) is 0 Å². The van der Waals surface area contributed by atoms with Gasteiger partial charge in [0.15, 0.2) is 0 Å². The Morgan fingerprint density at radius 3 is 1.33 bits per heavy atom. The van der Waals surface area contributed by atoms with Gasteiger partial charge < -0.3 is 0 Å². The van der Waals surface area contributed by atoms with Gasteiger partial charge in [-0.25, -0.2) is 0 Å². The van der Waals surface area contributed by atoms with E-state index in [1.807, 2.05) is 0 Å². The van der Waals surface area contributed by atoms with Crippen molar-refractivity contribution in [2.45, 2.75) is 93.9 Å². The zero-order valence-electron chi connectivity index (χ0n) is 16.9. The molecule has 1 aromatic carbocycles. The summed E-state index contributed by atoms with van der Waals surface area (Å²) in [6, 6.07) is 8.88. The summed E-state index contributed by atoms with van der Waals surface area (Å²) < 4.78 is 0. The van der Waals surface area contributed by atoms with Gasteiger partial charge >= 0.3 is 0 Å². The van der Waals surface area contributed by atoms with Crippen LogP contribution in [0.1, 0.15) is 105 Å². The SMILES string of the molecule is C.CC(C)C1CCC(C(C)C)C1.CC(C)c1cccc(C(C)C)c1. The smallest absolute Gasteiger partial charge is 0.0219 e. The molecule has 0 aromatic heterocycles. The minimum absolute atomic E-state index is 0. The molecule has 2 atom stereocenters. The van der Waals surface area contributed by atoms with Crippen LogP contribution in [-0.2, 0) is 0 Å².